The molecule has 0 unspecified atom stereocenters. The number of fused-ring (bicyclic) bond motifs is 1. The Balaban J connectivity index is 1.80. The molecule has 1 aliphatic rings. The quantitative estimate of drug-likeness (QED) is 0.583. The first-order valence-electron chi connectivity index (χ1n) is 8.36. The molecule has 1 saturated heterocycles. The van der Waals surface area contributed by atoms with Gasteiger partial charge in [-0.15, -0.1) is 0 Å². The summed E-state index contributed by atoms with van der Waals surface area (Å²) in [4.78, 5) is 28.9. The number of carbonyl (C=O) groups is 1. The number of methoxy groups -OCH3 is 1. The zero-order valence-corrected chi connectivity index (χ0v) is 15.0. The van der Waals surface area contributed by atoms with Crippen LogP contribution in [-0.2, 0) is 16.0 Å². The van der Waals surface area contributed by atoms with Crippen molar-refractivity contribution in [3.8, 4) is 0 Å². The Hall–Kier alpha value is -2.03. The maximum atomic E-state index is 12.7. The first kappa shape index (κ1) is 17.8. The van der Waals surface area contributed by atoms with E-state index >= 15 is 0 Å². The minimum Gasteiger partial charge on any atom is -0.465 e. The van der Waals surface area contributed by atoms with Crippen molar-refractivity contribution in [2.75, 3.05) is 40.0 Å². The van der Waals surface area contributed by atoms with Gasteiger partial charge in [0.05, 0.1) is 43.3 Å². The largest absolute Gasteiger partial charge is 0.465 e. The van der Waals surface area contributed by atoms with Gasteiger partial charge in [-0.05, 0) is 30.4 Å². The number of nitrogens with one attached hydrogen (secondary N) is 2. The summed E-state index contributed by atoms with van der Waals surface area (Å²) in [5, 5.41) is 0.514. The Kier molecular flexibility index (Phi) is 5.62. The second kappa shape index (κ2) is 7.90. The van der Waals surface area contributed by atoms with Crippen LogP contribution >= 0.6 is 12.2 Å². The van der Waals surface area contributed by atoms with E-state index in [-0.39, 0.29) is 5.56 Å². The number of hydrogen-bond acceptors (Lipinski definition) is 5. The van der Waals surface area contributed by atoms with Gasteiger partial charge < -0.3 is 19.4 Å². The third-order valence-corrected chi connectivity index (χ3v) is 4.84. The van der Waals surface area contributed by atoms with Crippen LogP contribution in [0.15, 0.2) is 23.0 Å². The highest BCUT2D eigenvalue weighted by Crippen LogP contribution is 2.11. The van der Waals surface area contributed by atoms with Crippen molar-refractivity contribution < 1.29 is 19.2 Å². The van der Waals surface area contributed by atoms with Gasteiger partial charge >= 0.3 is 5.97 Å². The summed E-state index contributed by atoms with van der Waals surface area (Å²) in [6.45, 7) is 5.18. The molecule has 1 aliphatic heterocycles. The molecule has 7 nitrogen and oxygen atoms in total. The second-order valence-electron chi connectivity index (χ2n) is 6.10. The molecule has 134 valence electrons. The molecular formula is C17H22N3O4S+. The predicted octanol–water partition coefficient (Wildman–Crippen LogP) is 0.151. The average molecular weight is 364 g/mol. The van der Waals surface area contributed by atoms with Crippen LogP contribution in [0.25, 0.3) is 10.9 Å². The number of benzene rings is 1. The van der Waals surface area contributed by atoms with Crippen LogP contribution in [0.1, 0.15) is 16.8 Å². The van der Waals surface area contributed by atoms with Crippen molar-refractivity contribution in [1.82, 2.24) is 9.55 Å². The zero-order valence-electron chi connectivity index (χ0n) is 14.2. The fourth-order valence-corrected chi connectivity index (χ4v) is 3.38. The Morgan fingerprint density at radius 3 is 2.88 bits per heavy atom. The van der Waals surface area contributed by atoms with E-state index < -0.39 is 5.97 Å². The van der Waals surface area contributed by atoms with Crippen LogP contribution in [0, 0.1) is 4.77 Å². The highest BCUT2D eigenvalue weighted by atomic mass is 32.1. The fourth-order valence-electron chi connectivity index (χ4n) is 3.10. The number of ether oxygens (including phenoxy) is 2. The van der Waals surface area contributed by atoms with E-state index in [2.05, 4.69) is 4.98 Å². The molecule has 2 N–H and O–H groups in total. The molecule has 25 heavy (non-hydrogen) atoms. The Morgan fingerprint density at radius 1 is 1.40 bits per heavy atom. The molecule has 1 aromatic heterocycles. The molecule has 8 heteroatoms. The van der Waals surface area contributed by atoms with Gasteiger partial charge in [-0.1, -0.05) is 0 Å². The van der Waals surface area contributed by atoms with Gasteiger partial charge in [-0.2, -0.15) is 0 Å². The van der Waals surface area contributed by atoms with E-state index in [0.29, 0.717) is 27.8 Å². The molecular weight excluding hydrogens is 342 g/mol. The van der Waals surface area contributed by atoms with Crippen molar-refractivity contribution in [1.29, 1.82) is 0 Å². The number of rotatable bonds is 5. The highest BCUT2D eigenvalue weighted by molar-refractivity contribution is 7.71. The summed E-state index contributed by atoms with van der Waals surface area (Å²) in [6, 6.07) is 4.83. The van der Waals surface area contributed by atoms with Crippen molar-refractivity contribution in [3.63, 3.8) is 0 Å². The van der Waals surface area contributed by atoms with Crippen LogP contribution in [0.5, 0.6) is 0 Å². The monoisotopic (exact) mass is 364 g/mol. The van der Waals surface area contributed by atoms with E-state index in [9.17, 15) is 9.59 Å². The summed E-state index contributed by atoms with van der Waals surface area (Å²) in [7, 11) is 1.32. The maximum absolute atomic E-state index is 12.7. The maximum Gasteiger partial charge on any atom is 0.337 e. The standard InChI is InChI=1S/C17H21N3O4S/c1-23-16(22)12-3-4-13-14(11-12)18-17(25)20(15(13)21)6-2-5-19-7-9-24-10-8-19/h3-4,11H,2,5-10H2,1H3,(H,18,25)/p+1. The van der Waals surface area contributed by atoms with Crippen LogP contribution in [0.2, 0.25) is 0 Å². The number of morpholine rings is 1. The van der Waals surface area contributed by atoms with Crippen LogP contribution in [0.3, 0.4) is 0 Å². The lowest BCUT2D eigenvalue weighted by atomic mass is 10.1. The van der Waals surface area contributed by atoms with Gasteiger partial charge in [0.15, 0.2) is 4.77 Å². The third kappa shape index (κ3) is 3.97. The van der Waals surface area contributed by atoms with Crippen molar-refractivity contribution >= 4 is 29.1 Å². The summed E-state index contributed by atoms with van der Waals surface area (Å²) in [5.41, 5.74) is 0.800. The summed E-state index contributed by atoms with van der Waals surface area (Å²) < 4.78 is 12.0. The summed E-state index contributed by atoms with van der Waals surface area (Å²) >= 11 is 5.34. The topological polar surface area (TPSA) is 77.8 Å². The number of esters is 1. The van der Waals surface area contributed by atoms with E-state index in [0.717, 1.165) is 39.3 Å². The molecule has 1 fully saturated rings. The lowest BCUT2D eigenvalue weighted by Crippen LogP contribution is -3.14. The molecule has 2 aromatic rings. The smallest absolute Gasteiger partial charge is 0.337 e. The van der Waals surface area contributed by atoms with Gasteiger partial charge in [0.1, 0.15) is 13.1 Å². The number of quaternary nitrogens is 1. The van der Waals surface area contributed by atoms with E-state index in [1.807, 2.05) is 0 Å². The Labute approximate surface area is 150 Å². The van der Waals surface area contributed by atoms with E-state index in [1.165, 1.54) is 12.0 Å². The first-order valence-corrected chi connectivity index (χ1v) is 8.77. The van der Waals surface area contributed by atoms with Crippen LogP contribution < -0.4 is 10.5 Å². The number of nitrogens with zero attached hydrogens (tertiary/aromatic N) is 1. The molecule has 2 heterocycles. The number of hydrogen-bond donors (Lipinski definition) is 2. The lowest BCUT2D eigenvalue weighted by molar-refractivity contribution is -0.908. The minimum absolute atomic E-state index is 0.132. The SMILES string of the molecule is COC(=O)c1ccc2c(=O)n(CCC[NH+]3CCOCC3)c(=S)[nH]c2c1. The molecule has 1 aromatic carbocycles. The normalized spacial score (nSPS) is 15.4. The van der Waals surface area contributed by atoms with Gasteiger partial charge in [0.25, 0.3) is 5.56 Å². The fraction of sp³-hybridized carbons (Fsp3) is 0.471. The molecule has 0 radical (unpaired) electrons. The minimum atomic E-state index is -0.445. The second-order valence-corrected chi connectivity index (χ2v) is 6.49. The number of carbonyl (C=O) groups excluding carboxylic acids is 1. The average Bonchev–Trinajstić information content (AvgIpc) is 2.64. The third-order valence-electron chi connectivity index (χ3n) is 4.51. The van der Waals surface area contributed by atoms with Gasteiger partial charge in [-0.25, -0.2) is 4.79 Å². The molecule has 0 bridgehead atoms. The van der Waals surface area contributed by atoms with Crippen LogP contribution in [-0.4, -0.2) is 55.5 Å². The lowest BCUT2D eigenvalue weighted by Gasteiger charge is -2.23. The van der Waals surface area contributed by atoms with Crippen LogP contribution in [0.4, 0.5) is 0 Å². The van der Waals surface area contributed by atoms with E-state index in [4.69, 9.17) is 21.7 Å². The van der Waals surface area contributed by atoms with Gasteiger partial charge in [0.2, 0.25) is 0 Å². The number of aromatic nitrogens is 2. The number of H-pyrrole nitrogens is 1. The number of aromatic amines is 1. The summed E-state index contributed by atoms with van der Waals surface area (Å²) in [5.74, 6) is -0.445. The molecule has 0 amide bonds. The Morgan fingerprint density at radius 2 is 2.16 bits per heavy atom. The highest BCUT2D eigenvalue weighted by Gasteiger charge is 2.14. The molecule has 3 rings (SSSR count). The van der Waals surface area contributed by atoms with Crippen molar-refractivity contribution in [3.05, 3.63) is 38.9 Å². The van der Waals surface area contributed by atoms with Gasteiger partial charge in [-0.3, -0.25) is 9.36 Å². The van der Waals surface area contributed by atoms with Crippen molar-refractivity contribution in [2.45, 2.75) is 13.0 Å². The van der Waals surface area contributed by atoms with E-state index in [1.54, 1.807) is 22.8 Å². The summed E-state index contributed by atoms with van der Waals surface area (Å²) in [6.07, 6.45) is 0.873. The molecule has 0 aliphatic carbocycles. The molecule has 0 atom stereocenters. The molecule has 0 spiro atoms. The zero-order chi connectivity index (χ0) is 17.8. The molecule has 0 saturated carbocycles. The van der Waals surface area contributed by atoms with Crippen molar-refractivity contribution in [2.24, 2.45) is 0 Å². The predicted molar refractivity (Wildman–Crippen MR) is 95.7 cm³/mol. The van der Waals surface area contributed by atoms with Gasteiger partial charge in [0, 0.05) is 13.0 Å². The Bertz CT molecular complexity index is 884. The first-order chi connectivity index (χ1) is 12.1.